The van der Waals surface area contributed by atoms with Gasteiger partial charge in [0, 0.05) is 0 Å². The van der Waals surface area contributed by atoms with Crippen LogP contribution in [0.25, 0.3) is 0 Å². The number of rotatable bonds is 4. The van der Waals surface area contributed by atoms with Gasteiger partial charge in [0.05, 0.1) is 17.2 Å². The first-order chi connectivity index (χ1) is 13.0. The largest absolute Gasteiger partial charge is 0.347 e. The summed E-state index contributed by atoms with van der Waals surface area (Å²) in [5.74, 6) is -1.25. The fourth-order valence-corrected chi connectivity index (χ4v) is 4.14. The Bertz CT molecular complexity index is 900. The Labute approximate surface area is 158 Å². The molecule has 2 unspecified atom stereocenters. The van der Waals surface area contributed by atoms with E-state index >= 15 is 0 Å². The van der Waals surface area contributed by atoms with Crippen LogP contribution >= 0.6 is 0 Å². The lowest BCUT2D eigenvalue weighted by molar-refractivity contribution is -0.127. The van der Waals surface area contributed by atoms with Crippen molar-refractivity contribution in [3.63, 3.8) is 0 Å². The Morgan fingerprint density at radius 1 is 1.00 bits per heavy atom. The maximum Gasteiger partial charge on any atom is 0.262 e. The van der Waals surface area contributed by atoms with E-state index in [0.717, 1.165) is 23.3 Å². The first kappa shape index (κ1) is 17.5. The molecule has 3 amide bonds. The molecule has 138 valence electrons. The summed E-state index contributed by atoms with van der Waals surface area (Å²) in [5.41, 5.74) is 3.10. The van der Waals surface area contributed by atoms with Crippen molar-refractivity contribution in [3.8, 4) is 0 Å². The lowest BCUT2D eigenvalue weighted by Crippen LogP contribution is -2.52. The van der Waals surface area contributed by atoms with Gasteiger partial charge in [-0.2, -0.15) is 0 Å². The van der Waals surface area contributed by atoms with Crippen molar-refractivity contribution in [3.05, 3.63) is 70.8 Å². The molecule has 1 aliphatic heterocycles. The van der Waals surface area contributed by atoms with Gasteiger partial charge < -0.3 is 5.32 Å². The summed E-state index contributed by atoms with van der Waals surface area (Å²) in [6, 6.07) is 13.9. The SMILES string of the molecule is CC(C)C(C(=O)NC1CCc2ccccc21)N1C(=O)c2ccccc2C1=O. The first-order valence-electron chi connectivity index (χ1n) is 9.34. The number of carbonyl (C=O) groups is 3. The molecule has 0 saturated heterocycles. The van der Waals surface area contributed by atoms with Crippen molar-refractivity contribution in [1.82, 2.24) is 10.2 Å². The highest BCUT2D eigenvalue weighted by molar-refractivity contribution is 6.22. The van der Waals surface area contributed by atoms with Crippen molar-refractivity contribution in [1.29, 1.82) is 0 Å². The van der Waals surface area contributed by atoms with Gasteiger partial charge in [0.2, 0.25) is 5.91 Å². The minimum absolute atomic E-state index is 0.0786. The number of amides is 3. The Hall–Kier alpha value is -2.95. The van der Waals surface area contributed by atoms with Gasteiger partial charge in [0.1, 0.15) is 6.04 Å². The predicted molar refractivity (Wildman–Crippen MR) is 101 cm³/mol. The van der Waals surface area contributed by atoms with Gasteiger partial charge in [0.25, 0.3) is 11.8 Å². The molecule has 0 radical (unpaired) electrons. The van der Waals surface area contributed by atoms with Crippen molar-refractivity contribution in [2.75, 3.05) is 0 Å². The van der Waals surface area contributed by atoms with E-state index in [-0.39, 0.29) is 17.9 Å². The zero-order valence-electron chi connectivity index (χ0n) is 15.4. The minimum Gasteiger partial charge on any atom is -0.347 e. The molecule has 2 aliphatic rings. The topological polar surface area (TPSA) is 66.5 Å². The van der Waals surface area contributed by atoms with Crippen LogP contribution in [0.1, 0.15) is 58.2 Å². The minimum atomic E-state index is -0.829. The zero-order valence-corrected chi connectivity index (χ0v) is 15.4. The van der Waals surface area contributed by atoms with Crippen LogP contribution in [-0.2, 0) is 11.2 Å². The van der Waals surface area contributed by atoms with Gasteiger partial charge >= 0.3 is 0 Å². The highest BCUT2D eigenvalue weighted by Crippen LogP contribution is 2.32. The van der Waals surface area contributed by atoms with E-state index in [4.69, 9.17) is 0 Å². The van der Waals surface area contributed by atoms with Crippen LogP contribution in [0.2, 0.25) is 0 Å². The van der Waals surface area contributed by atoms with Crippen LogP contribution in [0.5, 0.6) is 0 Å². The second kappa shape index (κ2) is 6.65. The van der Waals surface area contributed by atoms with Crippen molar-refractivity contribution in [2.24, 2.45) is 5.92 Å². The molecule has 2 aromatic carbocycles. The molecule has 1 N–H and O–H groups in total. The first-order valence-corrected chi connectivity index (χ1v) is 9.34. The summed E-state index contributed by atoms with van der Waals surface area (Å²) in [6.45, 7) is 3.72. The lowest BCUT2D eigenvalue weighted by Gasteiger charge is -2.29. The molecule has 2 aromatic rings. The standard InChI is InChI=1S/C22H22N2O3/c1-13(2)19(24-21(26)16-9-5-6-10-17(16)22(24)27)20(25)23-18-12-11-14-7-3-4-8-15(14)18/h3-10,13,18-19H,11-12H2,1-2H3,(H,23,25). The number of carbonyl (C=O) groups excluding carboxylic acids is 3. The molecule has 5 heteroatoms. The normalized spacial score (nSPS) is 19.2. The predicted octanol–water partition coefficient (Wildman–Crippen LogP) is 3.11. The third-order valence-corrected chi connectivity index (χ3v) is 5.45. The summed E-state index contributed by atoms with van der Waals surface area (Å²) in [6.07, 6.45) is 1.75. The van der Waals surface area contributed by atoms with Gasteiger partial charge in [0.15, 0.2) is 0 Å². The quantitative estimate of drug-likeness (QED) is 0.850. The van der Waals surface area contributed by atoms with E-state index < -0.39 is 17.9 Å². The van der Waals surface area contributed by atoms with Crippen molar-refractivity contribution in [2.45, 2.75) is 38.8 Å². The van der Waals surface area contributed by atoms with Gasteiger partial charge in [-0.15, -0.1) is 0 Å². The third kappa shape index (κ3) is 2.83. The highest BCUT2D eigenvalue weighted by Gasteiger charge is 2.44. The molecule has 0 aromatic heterocycles. The summed E-state index contributed by atoms with van der Waals surface area (Å²) in [5, 5.41) is 3.08. The summed E-state index contributed by atoms with van der Waals surface area (Å²) in [4.78, 5) is 39.9. The number of hydrogen-bond donors (Lipinski definition) is 1. The molecule has 4 rings (SSSR count). The summed E-state index contributed by atoms with van der Waals surface area (Å²) in [7, 11) is 0. The molecule has 5 nitrogen and oxygen atoms in total. The molecular weight excluding hydrogens is 340 g/mol. The molecule has 0 bridgehead atoms. The fourth-order valence-electron chi connectivity index (χ4n) is 4.14. The molecule has 1 heterocycles. The van der Waals surface area contributed by atoms with Crippen LogP contribution in [0, 0.1) is 5.92 Å². The van der Waals surface area contributed by atoms with E-state index in [1.807, 2.05) is 32.0 Å². The Morgan fingerprint density at radius 2 is 1.59 bits per heavy atom. The molecule has 2 atom stereocenters. The average molecular weight is 362 g/mol. The Kier molecular flexibility index (Phi) is 4.30. The molecule has 0 spiro atoms. The third-order valence-electron chi connectivity index (χ3n) is 5.45. The smallest absolute Gasteiger partial charge is 0.262 e. The Balaban J connectivity index is 1.60. The van der Waals surface area contributed by atoms with Gasteiger partial charge in [-0.25, -0.2) is 0 Å². The van der Waals surface area contributed by atoms with E-state index in [9.17, 15) is 14.4 Å². The number of nitrogens with zero attached hydrogens (tertiary/aromatic N) is 1. The van der Waals surface area contributed by atoms with E-state index in [2.05, 4.69) is 11.4 Å². The van der Waals surface area contributed by atoms with Crippen LogP contribution in [0.3, 0.4) is 0 Å². The summed E-state index contributed by atoms with van der Waals surface area (Å²) >= 11 is 0. The second-order valence-electron chi connectivity index (χ2n) is 7.51. The van der Waals surface area contributed by atoms with Crippen LogP contribution in [-0.4, -0.2) is 28.7 Å². The molecule has 1 aliphatic carbocycles. The number of nitrogens with one attached hydrogen (secondary N) is 1. The Morgan fingerprint density at radius 3 is 2.22 bits per heavy atom. The summed E-state index contributed by atoms with van der Waals surface area (Å²) < 4.78 is 0. The number of imide groups is 1. The van der Waals surface area contributed by atoms with E-state index in [1.165, 1.54) is 5.56 Å². The number of aryl methyl sites for hydroxylation is 1. The van der Waals surface area contributed by atoms with Crippen LogP contribution < -0.4 is 5.32 Å². The van der Waals surface area contributed by atoms with Gasteiger partial charge in [-0.05, 0) is 42.0 Å². The van der Waals surface area contributed by atoms with Crippen LogP contribution in [0.4, 0.5) is 0 Å². The zero-order chi connectivity index (χ0) is 19.1. The fraction of sp³-hybridized carbons (Fsp3) is 0.318. The second-order valence-corrected chi connectivity index (χ2v) is 7.51. The number of fused-ring (bicyclic) bond motifs is 2. The average Bonchev–Trinajstić information content (AvgIpc) is 3.17. The maximum absolute atomic E-state index is 13.1. The lowest BCUT2D eigenvalue weighted by atomic mass is 10.00. The monoisotopic (exact) mass is 362 g/mol. The number of benzene rings is 2. The molecular formula is C22H22N2O3. The van der Waals surface area contributed by atoms with Gasteiger partial charge in [-0.3, -0.25) is 19.3 Å². The maximum atomic E-state index is 13.1. The van der Waals surface area contributed by atoms with Crippen molar-refractivity contribution >= 4 is 17.7 Å². The number of hydrogen-bond acceptors (Lipinski definition) is 3. The van der Waals surface area contributed by atoms with Crippen molar-refractivity contribution < 1.29 is 14.4 Å². The van der Waals surface area contributed by atoms with E-state index in [1.54, 1.807) is 24.3 Å². The molecule has 27 heavy (non-hydrogen) atoms. The highest BCUT2D eigenvalue weighted by atomic mass is 16.2. The van der Waals surface area contributed by atoms with Gasteiger partial charge in [-0.1, -0.05) is 50.2 Å². The van der Waals surface area contributed by atoms with E-state index in [0.29, 0.717) is 11.1 Å². The molecule has 0 fully saturated rings. The molecule has 0 saturated carbocycles. The van der Waals surface area contributed by atoms with Crippen LogP contribution in [0.15, 0.2) is 48.5 Å².